The predicted octanol–water partition coefficient (Wildman–Crippen LogP) is 3.04. The van der Waals surface area contributed by atoms with Crippen LogP contribution in [0.4, 0.5) is 0 Å². The lowest BCUT2D eigenvalue weighted by molar-refractivity contribution is 1.73. The van der Waals surface area contributed by atoms with Crippen molar-refractivity contribution in [3.8, 4) is 0 Å². The standard InChI is InChI=1S/C7H12S3/c1-10(2,8)7-5-3-4-6-9-7/h3-5,8H,6H2,1-2H3. The third kappa shape index (κ3) is 2.29. The van der Waals surface area contributed by atoms with Crippen LogP contribution in [0.1, 0.15) is 0 Å². The molecule has 0 aromatic carbocycles. The Labute approximate surface area is 73.3 Å². The summed E-state index contributed by atoms with van der Waals surface area (Å²) in [5.41, 5.74) is 0. The number of thiol groups is 1. The van der Waals surface area contributed by atoms with Crippen molar-refractivity contribution in [3.63, 3.8) is 0 Å². The van der Waals surface area contributed by atoms with Gasteiger partial charge in [-0.3, -0.25) is 0 Å². The quantitative estimate of drug-likeness (QED) is 0.492. The monoisotopic (exact) mass is 192 g/mol. The normalized spacial score (nSPS) is 20.5. The fourth-order valence-electron chi connectivity index (χ4n) is 0.691. The highest BCUT2D eigenvalue weighted by atomic mass is 33.1. The van der Waals surface area contributed by atoms with E-state index in [1.807, 2.05) is 11.8 Å². The van der Waals surface area contributed by atoms with Gasteiger partial charge in [0.05, 0.1) is 0 Å². The first-order valence-corrected chi connectivity index (χ1v) is 7.55. The minimum atomic E-state index is -0.759. The Morgan fingerprint density at radius 3 is 2.60 bits per heavy atom. The summed E-state index contributed by atoms with van der Waals surface area (Å²) in [4.78, 5) is 0. The fourth-order valence-corrected chi connectivity index (χ4v) is 3.66. The van der Waals surface area contributed by atoms with Gasteiger partial charge < -0.3 is 0 Å². The topological polar surface area (TPSA) is 0 Å². The minimum absolute atomic E-state index is 0.759. The number of allylic oxidation sites excluding steroid dienone is 2. The van der Waals surface area contributed by atoms with E-state index in [-0.39, 0.29) is 0 Å². The molecule has 0 fully saturated rings. The molecule has 1 heterocycles. The van der Waals surface area contributed by atoms with Crippen LogP contribution in [0.15, 0.2) is 22.5 Å². The Hall–Kier alpha value is 0.530. The molecule has 0 bridgehead atoms. The maximum atomic E-state index is 4.56. The molecule has 0 atom stereocenters. The molecular weight excluding hydrogens is 180 g/mol. The van der Waals surface area contributed by atoms with Crippen molar-refractivity contribution in [1.29, 1.82) is 0 Å². The molecular formula is C7H12S3. The summed E-state index contributed by atoms with van der Waals surface area (Å²) in [6, 6.07) is 0. The molecule has 0 unspecified atom stereocenters. The Bertz CT molecular complexity index is 174. The average molecular weight is 192 g/mol. The van der Waals surface area contributed by atoms with E-state index in [4.69, 9.17) is 0 Å². The van der Waals surface area contributed by atoms with Crippen molar-refractivity contribution in [3.05, 3.63) is 22.5 Å². The molecule has 0 aromatic rings. The van der Waals surface area contributed by atoms with Gasteiger partial charge in [-0.25, -0.2) is 0 Å². The molecule has 1 rings (SSSR count). The average Bonchev–Trinajstić information content (AvgIpc) is 1.88. The molecule has 0 nitrogen and oxygen atoms in total. The summed E-state index contributed by atoms with van der Waals surface area (Å²) in [5, 5.41) is 0. The first kappa shape index (κ1) is 8.62. The Kier molecular flexibility index (Phi) is 2.83. The fraction of sp³-hybridized carbons (Fsp3) is 0.429. The highest BCUT2D eigenvalue weighted by molar-refractivity contribution is 8.91. The molecule has 0 aliphatic carbocycles. The van der Waals surface area contributed by atoms with Crippen LogP contribution in [-0.2, 0) is 0 Å². The first-order chi connectivity index (χ1) is 4.61. The lowest BCUT2D eigenvalue weighted by Gasteiger charge is -2.27. The van der Waals surface area contributed by atoms with Crippen LogP contribution in [0.5, 0.6) is 0 Å². The molecule has 0 saturated heterocycles. The van der Waals surface area contributed by atoms with Crippen LogP contribution in [0.3, 0.4) is 0 Å². The van der Waals surface area contributed by atoms with Crippen molar-refractivity contribution in [1.82, 2.24) is 0 Å². The van der Waals surface area contributed by atoms with Crippen molar-refractivity contribution in [2.75, 3.05) is 18.3 Å². The number of hydrogen-bond donors (Lipinski definition) is 1. The van der Waals surface area contributed by atoms with E-state index in [0.29, 0.717) is 0 Å². The summed E-state index contributed by atoms with van der Waals surface area (Å²) in [7, 11) is -0.759. The van der Waals surface area contributed by atoms with Gasteiger partial charge in [-0.2, -0.15) is 9.06 Å². The van der Waals surface area contributed by atoms with Gasteiger partial charge in [-0.05, 0) is 18.6 Å². The zero-order chi connectivity index (χ0) is 7.61. The van der Waals surface area contributed by atoms with Gasteiger partial charge >= 0.3 is 0 Å². The summed E-state index contributed by atoms with van der Waals surface area (Å²) >= 11 is 6.46. The molecule has 1 aliphatic rings. The second-order valence-electron chi connectivity index (χ2n) is 2.50. The van der Waals surface area contributed by atoms with Gasteiger partial charge in [0.15, 0.2) is 0 Å². The van der Waals surface area contributed by atoms with Crippen molar-refractivity contribution < 1.29 is 0 Å². The highest BCUT2D eigenvalue weighted by Crippen LogP contribution is 2.58. The van der Waals surface area contributed by atoms with Crippen LogP contribution in [-0.4, -0.2) is 18.3 Å². The van der Waals surface area contributed by atoms with Gasteiger partial charge in [0.1, 0.15) is 0 Å². The van der Waals surface area contributed by atoms with Gasteiger partial charge in [-0.15, -0.1) is 23.4 Å². The Morgan fingerprint density at radius 1 is 1.60 bits per heavy atom. The maximum Gasteiger partial charge on any atom is 0.0314 e. The molecule has 0 saturated carbocycles. The molecule has 0 spiro atoms. The number of hydrogen-bond acceptors (Lipinski definition) is 2. The predicted molar refractivity (Wildman–Crippen MR) is 58.1 cm³/mol. The molecule has 3 heteroatoms. The molecule has 0 N–H and O–H groups in total. The second kappa shape index (κ2) is 3.28. The van der Waals surface area contributed by atoms with Crippen LogP contribution < -0.4 is 0 Å². The molecule has 1 aliphatic heterocycles. The third-order valence-electron chi connectivity index (χ3n) is 1.18. The van der Waals surface area contributed by atoms with E-state index in [9.17, 15) is 0 Å². The van der Waals surface area contributed by atoms with Gasteiger partial charge in [-0.1, -0.05) is 12.2 Å². The SMILES string of the molecule is CS(C)(S)C1=CC=CCS1. The highest BCUT2D eigenvalue weighted by Gasteiger charge is 2.12. The lowest BCUT2D eigenvalue weighted by Crippen LogP contribution is -1.90. The summed E-state index contributed by atoms with van der Waals surface area (Å²) in [6.07, 6.45) is 10.9. The maximum absolute atomic E-state index is 4.56. The number of rotatable bonds is 1. The van der Waals surface area contributed by atoms with E-state index < -0.39 is 9.06 Å². The zero-order valence-electron chi connectivity index (χ0n) is 6.20. The Morgan fingerprint density at radius 2 is 2.30 bits per heavy atom. The minimum Gasteiger partial charge on any atom is -0.169 e. The molecule has 0 aromatic heterocycles. The Balaban J connectivity index is 2.72. The van der Waals surface area contributed by atoms with Crippen LogP contribution >= 0.6 is 32.5 Å². The van der Waals surface area contributed by atoms with Crippen LogP contribution in [0, 0.1) is 0 Å². The van der Waals surface area contributed by atoms with Crippen molar-refractivity contribution in [2.24, 2.45) is 0 Å². The summed E-state index contributed by atoms with van der Waals surface area (Å²) < 4.78 is 1.44. The van der Waals surface area contributed by atoms with Gasteiger partial charge in [0.2, 0.25) is 0 Å². The molecule has 0 amide bonds. The van der Waals surface area contributed by atoms with E-state index >= 15 is 0 Å². The van der Waals surface area contributed by atoms with Crippen LogP contribution in [0.2, 0.25) is 0 Å². The smallest absolute Gasteiger partial charge is 0.0314 e. The van der Waals surface area contributed by atoms with Crippen molar-refractivity contribution in [2.45, 2.75) is 0 Å². The molecule has 10 heavy (non-hydrogen) atoms. The van der Waals surface area contributed by atoms with Gasteiger partial charge in [0.25, 0.3) is 0 Å². The van der Waals surface area contributed by atoms with E-state index in [0.717, 1.165) is 5.75 Å². The zero-order valence-corrected chi connectivity index (χ0v) is 8.73. The number of thioether (sulfide) groups is 1. The van der Waals surface area contributed by atoms with Gasteiger partial charge in [0, 0.05) is 9.99 Å². The van der Waals surface area contributed by atoms with E-state index in [1.54, 1.807) is 0 Å². The van der Waals surface area contributed by atoms with Crippen molar-refractivity contribution >= 4 is 32.5 Å². The van der Waals surface area contributed by atoms with E-state index in [2.05, 4.69) is 42.4 Å². The largest absolute Gasteiger partial charge is 0.169 e. The summed E-state index contributed by atoms with van der Waals surface area (Å²) in [5.74, 6) is 1.11. The van der Waals surface area contributed by atoms with E-state index in [1.165, 1.54) is 4.24 Å². The lowest BCUT2D eigenvalue weighted by atomic mass is 10.5. The van der Waals surface area contributed by atoms with Crippen LogP contribution in [0.25, 0.3) is 0 Å². The third-order valence-corrected chi connectivity index (χ3v) is 5.65. The summed E-state index contributed by atoms with van der Waals surface area (Å²) in [6.45, 7) is 0. The molecule has 0 radical (unpaired) electrons. The first-order valence-electron chi connectivity index (χ1n) is 3.06. The molecule has 58 valence electrons. The second-order valence-corrected chi connectivity index (χ2v) is 9.54.